The van der Waals surface area contributed by atoms with Crippen LogP contribution in [0.5, 0.6) is 0 Å². The van der Waals surface area contributed by atoms with Gasteiger partial charge in [0.2, 0.25) is 5.91 Å². The van der Waals surface area contributed by atoms with Gasteiger partial charge in [-0.3, -0.25) is 4.79 Å². The zero-order valence-electron chi connectivity index (χ0n) is 10.9. The predicted molar refractivity (Wildman–Crippen MR) is 76.3 cm³/mol. The SMILES string of the molecule is CC(C(=O)NCCc1ccc(F)c(Br)c1)C1CNC1. The van der Waals surface area contributed by atoms with E-state index >= 15 is 0 Å². The lowest BCUT2D eigenvalue weighted by atomic mass is 9.88. The van der Waals surface area contributed by atoms with Gasteiger partial charge in [0.25, 0.3) is 0 Å². The molecule has 0 aliphatic carbocycles. The molecule has 1 aromatic rings. The molecule has 19 heavy (non-hydrogen) atoms. The van der Waals surface area contributed by atoms with Crippen LogP contribution in [-0.4, -0.2) is 25.5 Å². The molecule has 1 aromatic carbocycles. The zero-order valence-corrected chi connectivity index (χ0v) is 12.5. The van der Waals surface area contributed by atoms with E-state index in [-0.39, 0.29) is 17.6 Å². The highest BCUT2D eigenvalue weighted by atomic mass is 79.9. The minimum atomic E-state index is -0.265. The summed E-state index contributed by atoms with van der Waals surface area (Å²) >= 11 is 3.16. The Morgan fingerprint density at radius 2 is 2.32 bits per heavy atom. The highest BCUT2D eigenvalue weighted by Crippen LogP contribution is 2.17. The molecule has 0 radical (unpaired) electrons. The third-order valence-corrected chi connectivity index (χ3v) is 4.24. The molecule has 1 fully saturated rings. The highest BCUT2D eigenvalue weighted by molar-refractivity contribution is 9.10. The fraction of sp³-hybridized carbons (Fsp3) is 0.500. The van der Waals surface area contributed by atoms with Gasteiger partial charge in [-0.2, -0.15) is 0 Å². The lowest BCUT2D eigenvalue weighted by Crippen LogP contribution is -2.49. The van der Waals surface area contributed by atoms with E-state index in [4.69, 9.17) is 0 Å². The van der Waals surface area contributed by atoms with E-state index in [0.29, 0.717) is 23.4 Å². The summed E-state index contributed by atoms with van der Waals surface area (Å²) in [7, 11) is 0. The van der Waals surface area contributed by atoms with Crippen LogP contribution in [0.15, 0.2) is 22.7 Å². The normalized spacial score (nSPS) is 16.8. The second-order valence-corrected chi connectivity index (χ2v) is 5.85. The van der Waals surface area contributed by atoms with E-state index in [1.54, 1.807) is 12.1 Å². The number of carbonyl (C=O) groups excluding carboxylic acids is 1. The van der Waals surface area contributed by atoms with Crippen molar-refractivity contribution >= 4 is 21.8 Å². The summed E-state index contributed by atoms with van der Waals surface area (Å²) in [6.07, 6.45) is 0.709. The smallest absolute Gasteiger partial charge is 0.223 e. The molecule has 1 aliphatic heterocycles. The molecule has 2 N–H and O–H groups in total. The van der Waals surface area contributed by atoms with Crippen LogP contribution in [0.25, 0.3) is 0 Å². The molecule has 1 atom stereocenters. The Balaban J connectivity index is 1.76. The number of hydrogen-bond donors (Lipinski definition) is 2. The van der Waals surface area contributed by atoms with Gasteiger partial charge in [-0.15, -0.1) is 0 Å². The Hall–Kier alpha value is -0.940. The number of hydrogen-bond acceptors (Lipinski definition) is 2. The monoisotopic (exact) mass is 328 g/mol. The molecule has 1 heterocycles. The first-order chi connectivity index (χ1) is 9.08. The van der Waals surface area contributed by atoms with Crippen molar-refractivity contribution in [2.75, 3.05) is 19.6 Å². The van der Waals surface area contributed by atoms with Gasteiger partial charge in [0.1, 0.15) is 5.82 Å². The van der Waals surface area contributed by atoms with Crippen LogP contribution in [0.2, 0.25) is 0 Å². The van der Waals surface area contributed by atoms with E-state index in [0.717, 1.165) is 18.7 Å². The van der Waals surface area contributed by atoms with Gasteiger partial charge in [-0.25, -0.2) is 4.39 Å². The largest absolute Gasteiger partial charge is 0.356 e. The van der Waals surface area contributed by atoms with Gasteiger partial charge in [0.05, 0.1) is 4.47 Å². The van der Waals surface area contributed by atoms with Gasteiger partial charge < -0.3 is 10.6 Å². The molecule has 1 aliphatic rings. The maximum absolute atomic E-state index is 13.1. The van der Waals surface area contributed by atoms with Crippen LogP contribution < -0.4 is 10.6 Å². The van der Waals surface area contributed by atoms with Crippen LogP contribution in [0.1, 0.15) is 12.5 Å². The van der Waals surface area contributed by atoms with Crippen molar-refractivity contribution in [3.8, 4) is 0 Å². The molecule has 1 saturated heterocycles. The summed E-state index contributed by atoms with van der Waals surface area (Å²) in [5, 5.41) is 6.11. The summed E-state index contributed by atoms with van der Waals surface area (Å²) in [5.74, 6) is 0.354. The first-order valence-electron chi connectivity index (χ1n) is 6.50. The Morgan fingerprint density at radius 1 is 1.58 bits per heavy atom. The summed E-state index contributed by atoms with van der Waals surface area (Å²) in [6.45, 7) is 4.41. The molecule has 0 bridgehead atoms. The second kappa shape index (κ2) is 6.48. The quantitative estimate of drug-likeness (QED) is 0.869. The average Bonchev–Trinajstić information content (AvgIpc) is 2.31. The average molecular weight is 329 g/mol. The summed E-state index contributed by atoms with van der Waals surface area (Å²) < 4.78 is 13.5. The van der Waals surface area contributed by atoms with E-state index in [9.17, 15) is 9.18 Å². The van der Waals surface area contributed by atoms with Crippen LogP contribution in [0, 0.1) is 17.7 Å². The molecular weight excluding hydrogens is 311 g/mol. The molecule has 2 rings (SSSR count). The topological polar surface area (TPSA) is 41.1 Å². The molecule has 104 valence electrons. The third-order valence-electron chi connectivity index (χ3n) is 3.63. The Labute approximate surface area is 121 Å². The van der Waals surface area contributed by atoms with E-state index in [1.807, 2.05) is 6.92 Å². The number of carbonyl (C=O) groups is 1. The third kappa shape index (κ3) is 3.76. The van der Waals surface area contributed by atoms with Gasteiger partial charge >= 0.3 is 0 Å². The molecular formula is C14H18BrFN2O. The fourth-order valence-corrected chi connectivity index (χ4v) is 2.49. The van der Waals surface area contributed by atoms with Crippen molar-refractivity contribution in [2.24, 2.45) is 11.8 Å². The van der Waals surface area contributed by atoms with Crippen LogP contribution >= 0.6 is 15.9 Å². The van der Waals surface area contributed by atoms with Crippen LogP contribution in [0.4, 0.5) is 4.39 Å². The zero-order chi connectivity index (χ0) is 13.8. The maximum Gasteiger partial charge on any atom is 0.223 e. The van der Waals surface area contributed by atoms with Gasteiger partial charge in [-0.05, 0) is 59.1 Å². The predicted octanol–water partition coefficient (Wildman–Crippen LogP) is 2.10. The van der Waals surface area contributed by atoms with Gasteiger partial charge in [0.15, 0.2) is 0 Å². The van der Waals surface area contributed by atoms with Crippen molar-refractivity contribution in [3.63, 3.8) is 0 Å². The number of amides is 1. The van der Waals surface area contributed by atoms with Crippen LogP contribution in [0.3, 0.4) is 0 Å². The maximum atomic E-state index is 13.1. The van der Waals surface area contributed by atoms with Crippen molar-refractivity contribution in [3.05, 3.63) is 34.1 Å². The van der Waals surface area contributed by atoms with Crippen molar-refractivity contribution < 1.29 is 9.18 Å². The second-order valence-electron chi connectivity index (χ2n) is 5.00. The fourth-order valence-electron chi connectivity index (χ4n) is 2.06. The van der Waals surface area contributed by atoms with E-state index < -0.39 is 0 Å². The number of nitrogens with one attached hydrogen (secondary N) is 2. The van der Waals surface area contributed by atoms with E-state index in [1.165, 1.54) is 6.07 Å². The molecule has 3 nitrogen and oxygen atoms in total. The molecule has 1 amide bonds. The lowest BCUT2D eigenvalue weighted by Gasteiger charge is -2.31. The Morgan fingerprint density at radius 3 is 2.89 bits per heavy atom. The van der Waals surface area contributed by atoms with E-state index in [2.05, 4.69) is 26.6 Å². The first kappa shape index (κ1) is 14.5. The number of benzene rings is 1. The molecule has 0 spiro atoms. The Bertz CT molecular complexity index is 463. The lowest BCUT2D eigenvalue weighted by molar-refractivity contribution is -0.126. The van der Waals surface area contributed by atoms with Crippen molar-refractivity contribution in [2.45, 2.75) is 13.3 Å². The molecule has 1 unspecified atom stereocenters. The minimum absolute atomic E-state index is 0.0567. The number of rotatable bonds is 5. The van der Waals surface area contributed by atoms with Gasteiger partial charge in [-0.1, -0.05) is 13.0 Å². The highest BCUT2D eigenvalue weighted by Gasteiger charge is 2.28. The summed E-state index contributed by atoms with van der Waals surface area (Å²) in [6, 6.07) is 4.93. The Kier molecular flexibility index (Phi) is 4.93. The summed E-state index contributed by atoms with van der Waals surface area (Å²) in [4.78, 5) is 11.9. The van der Waals surface area contributed by atoms with Gasteiger partial charge in [0, 0.05) is 12.5 Å². The van der Waals surface area contributed by atoms with Crippen molar-refractivity contribution in [1.82, 2.24) is 10.6 Å². The van der Waals surface area contributed by atoms with Crippen molar-refractivity contribution in [1.29, 1.82) is 0 Å². The molecule has 0 aromatic heterocycles. The minimum Gasteiger partial charge on any atom is -0.356 e. The summed E-state index contributed by atoms with van der Waals surface area (Å²) in [5.41, 5.74) is 1.01. The number of halogens is 2. The molecule has 0 saturated carbocycles. The first-order valence-corrected chi connectivity index (χ1v) is 7.29. The van der Waals surface area contributed by atoms with Crippen LogP contribution in [-0.2, 0) is 11.2 Å². The molecule has 5 heteroatoms. The standard InChI is InChI=1S/C14H18BrFN2O/c1-9(11-7-17-8-11)14(19)18-5-4-10-2-3-13(16)12(15)6-10/h2-3,6,9,11,17H,4-5,7-8H2,1H3,(H,18,19).